The van der Waals surface area contributed by atoms with E-state index in [1.165, 1.54) is 18.2 Å². The number of carboxylic acids is 1. The van der Waals surface area contributed by atoms with Crippen molar-refractivity contribution in [1.29, 1.82) is 0 Å². The molecule has 0 fully saturated rings. The van der Waals surface area contributed by atoms with E-state index in [0.29, 0.717) is 16.5 Å². The van der Waals surface area contributed by atoms with E-state index in [4.69, 9.17) is 5.11 Å². The average Bonchev–Trinajstić information content (AvgIpc) is 2.87. The molecule has 2 aromatic rings. The molecule has 0 amide bonds. The molecule has 0 spiro atoms. The Morgan fingerprint density at radius 2 is 2.10 bits per heavy atom. The van der Waals surface area contributed by atoms with Gasteiger partial charge in [-0.15, -0.1) is 8.78 Å². The number of carbonyl (C=O) groups is 1. The molecule has 0 saturated carbocycles. The van der Waals surface area contributed by atoms with Crippen LogP contribution >= 0.6 is 11.3 Å². The number of rotatable bonds is 3. The topological polar surface area (TPSA) is 80.7 Å². The van der Waals surface area contributed by atoms with E-state index in [1.807, 2.05) is 0 Å². The Bertz CT molecular complexity index is 732. The van der Waals surface area contributed by atoms with Crippen molar-refractivity contribution in [3.8, 4) is 11.5 Å². The first-order valence-corrected chi connectivity index (χ1v) is 6.53. The summed E-state index contributed by atoms with van der Waals surface area (Å²) in [7, 11) is 0. The second-order valence-corrected chi connectivity index (χ2v) is 5.19. The first kappa shape index (κ1) is 13.6. The molecule has 0 atom stereocenters. The number of benzene rings is 1. The van der Waals surface area contributed by atoms with Gasteiger partial charge in [-0.25, -0.2) is 9.78 Å². The minimum absolute atomic E-state index is 0.0629. The molecular formula is C12H8F2N2O4S. The van der Waals surface area contributed by atoms with E-state index in [9.17, 15) is 13.6 Å². The molecule has 0 saturated heterocycles. The zero-order chi connectivity index (χ0) is 15.2. The van der Waals surface area contributed by atoms with Gasteiger partial charge in [-0.05, 0) is 19.1 Å². The summed E-state index contributed by atoms with van der Waals surface area (Å²) >= 11 is 0.954. The zero-order valence-electron chi connectivity index (χ0n) is 10.5. The van der Waals surface area contributed by atoms with Crippen LogP contribution in [-0.2, 0) is 0 Å². The second kappa shape index (κ2) is 4.55. The number of hydrogen-bond acceptors (Lipinski definition) is 6. The Hall–Kier alpha value is -2.42. The maximum absolute atomic E-state index is 12.9. The monoisotopic (exact) mass is 314 g/mol. The molecule has 1 aromatic carbocycles. The average molecular weight is 314 g/mol. The summed E-state index contributed by atoms with van der Waals surface area (Å²) in [6.45, 7) is 1.57. The van der Waals surface area contributed by atoms with Crippen molar-refractivity contribution in [2.45, 2.75) is 13.2 Å². The highest BCUT2D eigenvalue weighted by molar-refractivity contribution is 7.17. The smallest absolute Gasteiger partial charge is 0.477 e. The molecule has 2 heterocycles. The van der Waals surface area contributed by atoms with Crippen LogP contribution in [0.15, 0.2) is 18.2 Å². The van der Waals surface area contributed by atoms with Crippen LogP contribution in [0.25, 0.3) is 0 Å². The highest BCUT2D eigenvalue weighted by atomic mass is 32.1. The summed E-state index contributed by atoms with van der Waals surface area (Å²) in [5.74, 6) is -1.23. The predicted molar refractivity (Wildman–Crippen MR) is 69.7 cm³/mol. The molecule has 110 valence electrons. The number of ether oxygens (including phenoxy) is 2. The molecule has 1 aliphatic heterocycles. The fraction of sp³-hybridized carbons (Fsp3) is 0.167. The number of aromatic nitrogens is 1. The van der Waals surface area contributed by atoms with Crippen LogP contribution < -0.4 is 14.8 Å². The van der Waals surface area contributed by atoms with Gasteiger partial charge in [-0.1, -0.05) is 11.3 Å². The third kappa shape index (κ3) is 2.59. The number of alkyl halides is 2. The predicted octanol–water partition coefficient (Wildman–Crippen LogP) is 3.21. The fourth-order valence-corrected chi connectivity index (χ4v) is 2.62. The first-order valence-electron chi connectivity index (χ1n) is 5.72. The Kier molecular flexibility index (Phi) is 2.94. The molecular weight excluding hydrogens is 306 g/mol. The molecule has 3 rings (SSSR count). The standard InChI is InChI=1S/C12H8F2N2O4S/c1-5-9(10(17)18)21-11(15-5)16-6-2-3-7-8(4-6)20-12(13,14)19-7/h2-4H,1H3,(H,15,16)(H,17,18). The van der Waals surface area contributed by atoms with E-state index in [-0.39, 0.29) is 16.4 Å². The van der Waals surface area contributed by atoms with Gasteiger partial charge in [-0.3, -0.25) is 0 Å². The van der Waals surface area contributed by atoms with Gasteiger partial charge in [0, 0.05) is 11.8 Å². The molecule has 1 aliphatic rings. The lowest BCUT2D eigenvalue weighted by atomic mass is 10.3. The van der Waals surface area contributed by atoms with Crippen LogP contribution in [0.2, 0.25) is 0 Å². The van der Waals surface area contributed by atoms with Crippen molar-refractivity contribution in [2.75, 3.05) is 5.32 Å². The molecule has 1 aromatic heterocycles. The minimum atomic E-state index is -3.67. The van der Waals surface area contributed by atoms with E-state index < -0.39 is 12.3 Å². The quantitative estimate of drug-likeness (QED) is 0.905. The Labute approximate surface area is 121 Å². The number of thiazole rings is 1. The number of nitrogens with zero attached hydrogens (tertiary/aromatic N) is 1. The van der Waals surface area contributed by atoms with Crippen LogP contribution in [0.5, 0.6) is 11.5 Å². The normalized spacial score (nSPS) is 15.0. The van der Waals surface area contributed by atoms with Crippen LogP contribution in [0.3, 0.4) is 0 Å². The lowest BCUT2D eigenvalue weighted by molar-refractivity contribution is -0.286. The molecule has 6 nitrogen and oxygen atoms in total. The number of fused-ring (bicyclic) bond motifs is 1. The number of anilines is 2. The molecule has 2 N–H and O–H groups in total. The van der Waals surface area contributed by atoms with Crippen LogP contribution in [0, 0.1) is 6.92 Å². The van der Waals surface area contributed by atoms with Crippen molar-refractivity contribution in [2.24, 2.45) is 0 Å². The third-order valence-corrected chi connectivity index (χ3v) is 3.70. The maximum atomic E-state index is 12.9. The summed E-state index contributed by atoms with van der Waals surface area (Å²) in [6.07, 6.45) is -3.67. The fourth-order valence-electron chi connectivity index (χ4n) is 1.80. The number of aromatic carboxylic acids is 1. The van der Waals surface area contributed by atoms with Gasteiger partial charge >= 0.3 is 12.3 Å². The van der Waals surface area contributed by atoms with Gasteiger partial charge in [0.25, 0.3) is 0 Å². The summed E-state index contributed by atoms with van der Waals surface area (Å²) in [4.78, 5) is 15.1. The lowest BCUT2D eigenvalue weighted by Gasteiger charge is -2.04. The second-order valence-electron chi connectivity index (χ2n) is 4.19. The van der Waals surface area contributed by atoms with Gasteiger partial charge in [0.1, 0.15) is 4.88 Å². The van der Waals surface area contributed by atoms with E-state index >= 15 is 0 Å². The van der Waals surface area contributed by atoms with Crippen molar-refractivity contribution in [3.05, 3.63) is 28.8 Å². The third-order valence-electron chi connectivity index (χ3n) is 2.64. The summed E-state index contributed by atoms with van der Waals surface area (Å²) < 4.78 is 34.4. The zero-order valence-corrected chi connectivity index (χ0v) is 11.3. The number of aryl methyl sites for hydroxylation is 1. The minimum Gasteiger partial charge on any atom is -0.477 e. The first-order chi connectivity index (χ1) is 9.84. The van der Waals surface area contributed by atoms with Crippen molar-refractivity contribution in [1.82, 2.24) is 4.98 Å². The molecule has 0 bridgehead atoms. The number of halogens is 2. The van der Waals surface area contributed by atoms with Crippen molar-refractivity contribution in [3.63, 3.8) is 0 Å². The highest BCUT2D eigenvalue weighted by Gasteiger charge is 2.43. The van der Waals surface area contributed by atoms with Gasteiger partial charge in [0.15, 0.2) is 16.6 Å². The van der Waals surface area contributed by atoms with Gasteiger partial charge < -0.3 is 19.9 Å². The molecule has 9 heteroatoms. The molecule has 0 unspecified atom stereocenters. The molecule has 0 radical (unpaired) electrons. The van der Waals surface area contributed by atoms with Gasteiger partial charge in [-0.2, -0.15) is 0 Å². The van der Waals surface area contributed by atoms with Crippen molar-refractivity contribution >= 4 is 28.1 Å². The van der Waals surface area contributed by atoms with Gasteiger partial charge in [0.05, 0.1) is 5.69 Å². The lowest BCUT2D eigenvalue weighted by Crippen LogP contribution is -2.25. The van der Waals surface area contributed by atoms with Crippen LogP contribution in [0.4, 0.5) is 19.6 Å². The molecule has 0 aliphatic carbocycles. The number of carboxylic acid groups (broad SMARTS) is 1. The molecule has 21 heavy (non-hydrogen) atoms. The van der Waals surface area contributed by atoms with Crippen molar-refractivity contribution < 1.29 is 28.2 Å². The summed E-state index contributed by atoms with van der Waals surface area (Å²) in [6, 6.07) is 4.16. The number of hydrogen-bond donors (Lipinski definition) is 2. The maximum Gasteiger partial charge on any atom is 0.586 e. The van der Waals surface area contributed by atoms with Crippen LogP contribution in [-0.4, -0.2) is 22.4 Å². The van der Waals surface area contributed by atoms with Crippen LogP contribution in [0.1, 0.15) is 15.4 Å². The Morgan fingerprint density at radius 3 is 2.76 bits per heavy atom. The Morgan fingerprint density at radius 1 is 1.38 bits per heavy atom. The summed E-state index contributed by atoms with van der Waals surface area (Å²) in [5, 5.41) is 12.1. The largest absolute Gasteiger partial charge is 0.586 e. The highest BCUT2D eigenvalue weighted by Crippen LogP contribution is 2.42. The van der Waals surface area contributed by atoms with Gasteiger partial charge in [0.2, 0.25) is 0 Å². The SMILES string of the molecule is Cc1nc(Nc2ccc3c(c2)OC(F)(F)O3)sc1C(=O)O. The summed E-state index contributed by atoms with van der Waals surface area (Å²) in [5.41, 5.74) is 0.808. The number of nitrogens with one attached hydrogen (secondary N) is 1. The van der Waals surface area contributed by atoms with E-state index in [0.717, 1.165) is 11.3 Å². The Balaban J connectivity index is 1.84. The van der Waals surface area contributed by atoms with E-state index in [1.54, 1.807) is 6.92 Å². The van der Waals surface area contributed by atoms with E-state index in [2.05, 4.69) is 19.8 Å².